The van der Waals surface area contributed by atoms with Crippen LogP contribution in [-0.2, 0) is 0 Å². The highest BCUT2D eigenvalue weighted by Gasteiger charge is 2.37. The Hall–Kier alpha value is -2.40. The molecule has 0 unspecified atom stereocenters. The van der Waals surface area contributed by atoms with Crippen molar-refractivity contribution in [3.63, 3.8) is 0 Å². The Morgan fingerprint density at radius 3 is 2.47 bits per heavy atom. The van der Waals surface area contributed by atoms with Gasteiger partial charge in [0.25, 0.3) is 0 Å². The van der Waals surface area contributed by atoms with E-state index >= 15 is 0 Å². The highest BCUT2D eigenvalue weighted by atomic mass is 15.6. The van der Waals surface area contributed by atoms with Gasteiger partial charge in [0.15, 0.2) is 5.92 Å². The zero-order valence-corrected chi connectivity index (χ0v) is 9.35. The maximum atomic E-state index is 8.99. The van der Waals surface area contributed by atoms with Crippen molar-refractivity contribution < 1.29 is 0 Å². The van der Waals surface area contributed by atoms with Crippen molar-refractivity contribution >= 4 is 5.69 Å². The molecule has 1 heterocycles. The van der Waals surface area contributed by atoms with Crippen molar-refractivity contribution in [1.29, 1.82) is 10.5 Å². The minimum Gasteiger partial charge on any atom is -0.240 e. The zero-order chi connectivity index (χ0) is 12.3. The summed E-state index contributed by atoms with van der Waals surface area (Å²) >= 11 is 0. The highest BCUT2D eigenvalue weighted by molar-refractivity contribution is 5.48. The molecule has 0 saturated heterocycles. The predicted molar refractivity (Wildman–Crippen MR) is 61.7 cm³/mol. The van der Waals surface area contributed by atoms with Gasteiger partial charge in [-0.05, 0) is 19.1 Å². The van der Waals surface area contributed by atoms with Gasteiger partial charge >= 0.3 is 0 Å². The molecule has 1 aromatic carbocycles. The molecule has 1 aliphatic rings. The van der Waals surface area contributed by atoms with Crippen molar-refractivity contribution in [2.75, 3.05) is 5.01 Å². The largest absolute Gasteiger partial charge is 0.240 e. The molecule has 5 nitrogen and oxygen atoms in total. The van der Waals surface area contributed by atoms with Gasteiger partial charge in [0.05, 0.1) is 23.9 Å². The Bertz CT molecular complexity index is 482. The molecule has 5 heteroatoms. The minimum atomic E-state index is -0.736. The second kappa shape index (κ2) is 4.63. The van der Waals surface area contributed by atoms with Gasteiger partial charge < -0.3 is 0 Å². The second-order valence-electron chi connectivity index (χ2n) is 3.85. The van der Waals surface area contributed by atoms with Crippen LogP contribution in [0.25, 0.3) is 0 Å². The van der Waals surface area contributed by atoms with Crippen molar-refractivity contribution in [3.8, 4) is 12.1 Å². The second-order valence-corrected chi connectivity index (χ2v) is 3.85. The average molecular weight is 225 g/mol. The van der Waals surface area contributed by atoms with Crippen LogP contribution in [0.15, 0.2) is 40.7 Å². The van der Waals surface area contributed by atoms with Crippen molar-refractivity contribution in [2.45, 2.75) is 19.0 Å². The quantitative estimate of drug-likeness (QED) is 0.774. The van der Waals surface area contributed by atoms with Gasteiger partial charge in [0.2, 0.25) is 0 Å². The lowest BCUT2D eigenvalue weighted by Gasteiger charge is -2.24. The first kappa shape index (κ1) is 11.1. The van der Waals surface area contributed by atoms with Crippen LogP contribution in [0.5, 0.6) is 0 Å². The lowest BCUT2D eigenvalue weighted by molar-refractivity contribution is 0.531. The van der Waals surface area contributed by atoms with Crippen molar-refractivity contribution in [3.05, 3.63) is 30.3 Å². The van der Waals surface area contributed by atoms with Crippen molar-refractivity contribution in [2.24, 2.45) is 16.3 Å². The fourth-order valence-corrected chi connectivity index (χ4v) is 1.88. The van der Waals surface area contributed by atoms with E-state index in [2.05, 4.69) is 10.3 Å². The van der Waals surface area contributed by atoms with Crippen LogP contribution in [0.1, 0.15) is 6.92 Å². The van der Waals surface area contributed by atoms with Gasteiger partial charge in [-0.2, -0.15) is 15.6 Å². The summed E-state index contributed by atoms with van der Waals surface area (Å²) in [6.45, 7) is 1.86. The van der Waals surface area contributed by atoms with Crippen molar-refractivity contribution in [1.82, 2.24) is 0 Å². The number of rotatable bonds is 2. The number of anilines is 1. The van der Waals surface area contributed by atoms with Crippen LogP contribution in [0, 0.1) is 28.6 Å². The van der Waals surface area contributed by atoms with E-state index in [0.29, 0.717) is 0 Å². The fourth-order valence-electron chi connectivity index (χ4n) is 1.88. The third kappa shape index (κ3) is 1.95. The molecule has 0 radical (unpaired) electrons. The lowest BCUT2D eigenvalue weighted by atomic mass is 9.96. The summed E-state index contributed by atoms with van der Waals surface area (Å²) < 4.78 is 0. The molecule has 0 aromatic heterocycles. The Labute approximate surface area is 99.6 Å². The molecule has 84 valence electrons. The number of nitrogens with zero attached hydrogens (tertiary/aromatic N) is 5. The topological polar surface area (TPSA) is 75.5 Å². The maximum Gasteiger partial charge on any atom is 0.157 e. The van der Waals surface area contributed by atoms with Crippen LogP contribution >= 0.6 is 0 Å². The first-order chi connectivity index (χ1) is 8.27. The van der Waals surface area contributed by atoms with E-state index in [1.807, 2.05) is 49.4 Å². The van der Waals surface area contributed by atoms with Gasteiger partial charge in [-0.1, -0.05) is 23.4 Å². The molecule has 2 rings (SSSR count). The highest BCUT2D eigenvalue weighted by Crippen LogP contribution is 2.29. The number of hydrogen-bond acceptors (Lipinski definition) is 5. The van der Waals surface area contributed by atoms with Gasteiger partial charge in [-0.25, -0.2) is 5.01 Å². The Morgan fingerprint density at radius 1 is 1.24 bits per heavy atom. The van der Waals surface area contributed by atoms with Crippen LogP contribution in [0.2, 0.25) is 0 Å². The summed E-state index contributed by atoms with van der Waals surface area (Å²) in [5.41, 5.74) is 0.848. The molecule has 2 atom stereocenters. The molecular weight excluding hydrogens is 214 g/mol. The number of hydrogen-bond donors (Lipinski definition) is 0. The molecule has 0 aliphatic carbocycles. The van der Waals surface area contributed by atoms with E-state index in [1.165, 1.54) is 0 Å². The first-order valence-corrected chi connectivity index (χ1v) is 5.32. The van der Waals surface area contributed by atoms with E-state index < -0.39 is 5.92 Å². The molecule has 0 spiro atoms. The SMILES string of the molecule is C[C@H]1N=NN(c2ccccc2)[C@@H]1C(C#N)C#N. The Balaban J connectivity index is 2.32. The van der Waals surface area contributed by atoms with Crippen LogP contribution in [0.3, 0.4) is 0 Å². The van der Waals surface area contributed by atoms with Gasteiger partial charge in [-0.15, -0.1) is 0 Å². The Morgan fingerprint density at radius 2 is 1.88 bits per heavy atom. The summed E-state index contributed by atoms with van der Waals surface area (Å²) in [4.78, 5) is 0. The molecule has 0 fully saturated rings. The van der Waals surface area contributed by atoms with Crippen LogP contribution in [-0.4, -0.2) is 12.1 Å². The number of benzene rings is 1. The minimum absolute atomic E-state index is 0.153. The van der Waals surface area contributed by atoms with Gasteiger partial charge in [0.1, 0.15) is 6.04 Å². The normalized spacial score (nSPS) is 22.5. The monoisotopic (exact) mass is 225 g/mol. The molecule has 17 heavy (non-hydrogen) atoms. The fraction of sp³-hybridized carbons (Fsp3) is 0.333. The maximum absolute atomic E-state index is 8.99. The van der Waals surface area contributed by atoms with E-state index in [4.69, 9.17) is 10.5 Å². The molecule has 1 aromatic rings. The smallest absolute Gasteiger partial charge is 0.157 e. The van der Waals surface area contributed by atoms with E-state index in [-0.39, 0.29) is 12.1 Å². The zero-order valence-electron chi connectivity index (χ0n) is 9.35. The molecule has 0 saturated carbocycles. The summed E-state index contributed by atoms with van der Waals surface area (Å²) in [5.74, 6) is -0.736. The summed E-state index contributed by atoms with van der Waals surface area (Å²) in [6.07, 6.45) is 0. The standard InChI is InChI=1S/C12H11N5/c1-9-12(10(7-13)8-14)17(16-15-9)11-5-3-2-4-6-11/h2-6,9-10,12H,1H3/t9-,12+/m1/s1. The first-order valence-electron chi connectivity index (χ1n) is 5.32. The van der Waals surface area contributed by atoms with E-state index in [0.717, 1.165) is 5.69 Å². The number of nitriles is 2. The molecule has 1 aliphatic heterocycles. The third-order valence-corrected chi connectivity index (χ3v) is 2.75. The lowest BCUT2D eigenvalue weighted by Crippen LogP contribution is -2.39. The van der Waals surface area contributed by atoms with E-state index in [9.17, 15) is 0 Å². The number of para-hydroxylation sites is 1. The summed E-state index contributed by atoms with van der Waals surface area (Å²) in [7, 11) is 0. The third-order valence-electron chi connectivity index (χ3n) is 2.75. The van der Waals surface area contributed by atoms with E-state index in [1.54, 1.807) is 5.01 Å². The Kier molecular flexibility index (Phi) is 3.02. The van der Waals surface area contributed by atoms with Crippen LogP contribution < -0.4 is 5.01 Å². The van der Waals surface area contributed by atoms with Gasteiger partial charge in [-0.3, -0.25) is 0 Å². The molecular formula is C12H11N5. The molecule has 0 amide bonds. The molecule has 0 bridgehead atoms. The average Bonchev–Trinajstić information content (AvgIpc) is 2.75. The summed E-state index contributed by atoms with van der Waals surface area (Å²) in [5, 5.41) is 27.7. The summed E-state index contributed by atoms with van der Waals surface area (Å²) in [6, 6.07) is 13.0. The van der Waals surface area contributed by atoms with Gasteiger partial charge in [0, 0.05) is 0 Å². The van der Waals surface area contributed by atoms with Crippen LogP contribution in [0.4, 0.5) is 5.69 Å². The molecule has 0 N–H and O–H groups in total. The predicted octanol–water partition coefficient (Wildman–Crippen LogP) is 2.29.